The smallest absolute Gasteiger partial charge is 0.239 e. The van der Waals surface area contributed by atoms with Crippen LogP contribution in [0.2, 0.25) is 0 Å². The molecule has 0 aliphatic carbocycles. The van der Waals surface area contributed by atoms with Gasteiger partial charge in [-0.25, -0.2) is 0 Å². The number of carbonyl (C=O) groups excluding carboxylic acids is 3. The Morgan fingerprint density at radius 3 is 2.43 bits per heavy atom. The minimum atomic E-state index is -1.26. The van der Waals surface area contributed by atoms with Gasteiger partial charge in [-0.15, -0.1) is 0 Å². The number of hydrogen-bond acceptors (Lipinski definition) is 3. The van der Waals surface area contributed by atoms with Crippen molar-refractivity contribution in [1.82, 2.24) is 5.32 Å². The van der Waals surface area contributed by atoms with Gasteiger partial charge in [0, 0.05) is 16.5 Å². The van der Waals surface area contributed by atoms with E-state index in [2.05, 4.69) is 21.2 Å². The van der Waals surface area contributed by atoms with Crippen molar-refractivity contribution in [2.45, 2.75) is 12.5 Å². The highest BCUT2D eigenvalue weighted by Crippen LogP contribution is 2.26. The predicted octanol–water partition coefficient (Wildman–Crippen LogP) is 3.08. The molecule has 0 aromatic heterocycles. The summed E-state index contributed by atoms with van der Waals surface area (Å²) in [6, 6.07) is 15.6. The van der Waals surface area contributed by atoms with Gasteiger partial charge in [0.25, 0.3) is 0 Å². The molecule has 3 rings (SSSR count). The Morgan fingerprint density at radius 1 is 1.04 bits per heavy atom. The lowest BCUT2D eigenvalue weighted by atomic mass is 9.84. The minimum absolute atomic E-state index is 0.125. The van der Waals surface area contributed by atoms with E-state index in [1.54, 1.807) is 24.3 Å². The van der Waals surface area contributed by atoms with Crippen LogP contribution in [0.25, 0.3) is 0 Å². The first-order chi connectivity index (χ1) is 11.1. The van der Waals surface area contributed by atoms with Crippen LogP contribution in [0.5, 0.6) is 0 Å². The highest BCUT2D eigenvalue weighted by atomic mass is 79.9. The highest BCUT2D eigenvalue weighted by molar-refractivity contribution is 9.10. The third kappa shape index (κ3) is 3.24. The van der Waals surface area contributed by atoms with Gasteiger partial charge in [-0.2, -0.15) is 0 Å². The zero-order chi connectivity index (χ0) is 16.4. The van der Waals surface area contributed by atoms with Gasteiger partial charge >= 0.3 is 0 Å². The van der Waals surface area contributed by atoms with Crippen molar-refractivity contribution in [3.8, 4) is 0 Å². The van der Waals surface area contributed by atoms with Crippen LogP contribution in [0.4, 0.5) is 0 Å². The van der Waals surface area contributed by atoms with Gasteiger partial charge in [0.1, 0.15) is 0 Å². The van der Waals surface area contributed by atoms with Crippen molar-refractivity contribution in [2.24, 2.45) is 5.92 Å². The summed E-state index contributed by atoms with van der Waals surface area (Å²) in [4.78, 5) is 37.2. The lowest BCUT2D eigenvalue weighted by Gasteiger charge is -2.27. The van der Waals surface area contributed by atoms with E-state index >= 15 is 0 Å². The number of amides is 1. The van der Waals surface area contributed by atoms with E-state index in [9.17, 15) is 14.4 Å². The number of halogens is 1. The van der Waals surface area contributed by atoms with Gasteiger partial charge in [0.2, 0.25) is 5.91 Å². The molecule has 2 atom stereocenters. The number of nitrogens with one attached hydrogen (secondary N) is 1. The number of Topliss-reactive ketones (excluding diaryl/α,β-unsaturated/α-hetero) is 2. The zero-order valence-electron chi connectivity index (χ0n) is 12.2. The molecular weight excluding hydrogens is 358 g/mol. The van der Waals surface area contributed by atoms with E-state index < -0.39 is 17.6 Å². The van der Waals surface area contributed by atoms with Crippen molar-refractivity contribution < 1.29 is 14.4 Å². The van der Waals surface area contributed by atoms with Crippen LogP contribution in [0, 0.1) is 5.92 Å². The van der Waals surface area contributed by atoms with E-state index in [1.165, 1.54) is 0 Å². The number of ketones is 2. The first kappa shape index (κ1) is 15.6. The third-order valence-corrected chi connectivity index (χ3v) is 4.37. The van der Waals surface area contributed by atoms with Crippen LogP contribution in [-0.2, 0) is 9.59 Å². The first-order valence-electron chi connectivity index (χ1n) is 7.24. The molecular formula is C18H14BrNO3. The number of benzene rings is 2. The fraction of sp³-hybridized carbons (Fsp3) is 0.167. The van der Waals surface area contributed by atoms with E-state index in [0.29, 0.717) is 5.56 Å². The molecule has 1 saturated heterocycles. The van der Waals surface area contributed by atoms with E-state index in [-0.39, 0.29) is 18.2 Å². The Balaban J connectivity index is 1.82. The number of carbonyl (C=O) groups is 3. The van der Waals surface area contributed by atoms with Crippen LogP contribution in [0.15, 0.2) is 59.1 Å². The molecule has 1 aliphatic rings. The molecule has 1 amide bonds. The first-order valence-corrected chi connectivity index (χ1v) is 8.03. The molecule has 1 aliphatic heterocycles. The van der Waals surface area contributed by atoms with E-state index in [0.717, 1.165) is 10.0 Å². The van der Waals surface area contributed by atoms with Crippen molar-refractivity contribution in [1.29, 1.82) is 0 Å². The summed E-state index contributed by atoms with van der Waals surface area (Å²) in [6.07, 6.45) is 0.125. The summed E-state index contributed by atoms with van der Waals surface area (Å²) in [7, 11) is 0. The molecule has 0 saturated carbocycles. The van der Waals surface area contributed by atoms with Gasteiger partial charge in [-0.3, -0.25) is 14.4 Å². The molecule has 2 aromatic rings. The van der Waals surface area contributed by atoms with Crippen LogP contribution in [-0.4, -0.2) is 17.5 Å². The molecule has 1 heterocycles. The molecule has 116 valence electrons. The van der Waals surface area contributed by atoms with Gasteiger partial charge in [0.05, 0.1) is 6.04 Å². The minimum Gasteiger partial charge on any atom is -0.348 e. The Kier molecular flexibility index (Phi) is 4.39. The summed E-state index contributed by atoms with van der Waals surface area (Å²) >= 11 is 3.29. The van der Waals surface area contributed by atoms with Crippen LogP contribution < -0.4 is 5.32 Å². The Labute approximate surface area is 142 Å². The average Bonchev–Trinajstić information content (AvgIpc) is 2.55. The molecule has 0 spiro atoms. The maximum atomic E-state index is 12.5. The largest absolute Gasteiger partial charge is 0.348 e. The van der Waals surface area contributed by atoms with E-state index in [1.807, 2.05) is 30.3 Å². The second-order valence-corrected chi connectivity index (χ2v) is 6.37. The Hall–Kier alpha value is -2.27. The lowest BCUT2D eigenvalue weighted by Crippen LogP contribution is -2.47. The molecule has 5 heteroatoms. The molecule has 4 nitrogen and oxygen atoms in total. The summed E-state index contributed by atoms with van der Waals surface area (Å²) in [5.74, 6) is -2.59. The standard InChI is InChI=1S/C18H14BrNO3/c19-13-8-4-7-12(9-13)17(22)16-15(21)10-14(20-18(16)23)11-5-2-1-3-6-11/h1-9,14,16H,10H2,(H,20,23). The Morgan fingerprint density at radius 2 is 1.78 bits per heavy atom. The monoisotopic (exact) mass is 371 g/mol. The van der Waals surface area contributed by atoms with Crippen molar-refractivity contribution in [2.75, 3.05) is 0 Å². The molecule has 1 fully saturated rings. The SMILES string of the molecule is O=C1CC(c2ccccc2)NC(=O)C1C(=O)c1cccc(Br)c1. The van der Waals surface area contributed by atoms with Gasteiger partial charge < -0.3 is 5.32 Å². The molecule has 0 radical (unpaired) electrons. The van der Waals surface area contributed by atoms with Gasteiger partial charge in [-0.1, -0.05) is 58.4 Å². The topological polar surface area (TPSA) is 63.2 Å². The maximum Gasteiger partial charge on any atom is 0.239 e. The normalized spacial score (nSPS) is 20.9. The summed E-state index contributed by atoms with van der Waals surface area (Å²) in [6.45, 7) is 0. The molecule has 0 bridgehead atoms. The van der Waals surface area contributed by atoms with Gasteiger partial charge in [0.15, 0.2) is 17.5 Å². The summed E-state index contributed by atoms with van der Waals surface area (Å²) in [5.41, 5.74) is 1.22. The van der Waals surface area contributed by atoms with Crippen LogP contribution in [0.3, 0.4) is 0 Å². The number of hydrogen-bond donors (Lipinski definition) is 1. The molecule has 2 unspecified atom stereocenters. The fourth-order valence-corrected chi connectivity index (χ4v) is 3.13. The van der Waals surface area contributed by atoms with Crippen molar-refractivity contribution in [3.05, 3.63) is 70.2 Å². The average molecular weight is 372 g/mol. The number of rotatable bonds is 3. The Bertz CT molecular complexity index is 755. The van der Waals surface area contributed by atoms with Gasteiger partial charge in [-0.05, 0) is 17.7 Å². The predicted molar refractivity (Wildman–Crippen MR) is 88.9 cm³/mol. The molecule has 1 N–H and O–H groups in total. The summed E-state index contributed by atoms with van der Waals surface area (Å²) < 4.78 is 0.731. The number of piperidine rings is 1. The summed E-state index contributed by atoms with van der Waals surface area (Å²) in [5, 5.41) is 2.79. The fourth-order valence-electron chi connectivity index (χ4n) is 2.73. The second-order valence-electron chi connectivity index (χ2n) is 5.45. The highest BCUT2D eigenvalue weighted by Gasteiger charge is 2.40. The third-order valence-electron chi connectivity index (χ3n) is 3.88. The van der Waals surface area contributed by atoms with Crippen molar-refractivity contribution in [3.63, 3.8) is 0 Å². The van der Waals surface area contributed by atoms with Crippen LogP contribution >= 0.6 is 15.9 Å². The lowest BCUT2D eigenvalue weighted by molar-refractivity contribution is -0.136. The van der Waals surface area contributed by atoms with Crippen molar-refractivity contribution >= 4 is 33.4 Å². The zero-order valence-corrected chi connectivity index (χ0v) is 13.7. The van der Waals surface area contributed by atoms with Crippen LogP contribution in [0.1, 0.15) is 28.4 Å². The quantitative estimate of drug-likeness (QED) is 0.665. The molecule has 23 heavy (non-hydrogen) atoms. The van der Waals surface area contributed by atoms with E-state index in [4.69, 9.17) is 0 Å². The molecule has 2 aromatic carbocycles. The maximum absolute atomic E-state index is 12.5. The second kappa shape index (κ2) is 6.46.